The second-order valence-electron chi connectivity index (χ2n) is 6.48. The summed E-state index contributed by atoms with van der Waals surface area (Å²) in [6, 6.07) is 8.06. The number of benzene rings is 1. The van der Waals surface area contributed by atoms with E-state index in [2.05, 4.69) is 6.58 Å². The van der Waals surface area contributed by atoms with Crippen molar-refractivity contribution in [3.8, 4) is 5.75 Å². The number of ether oxygens (including phenoxy) is 2. The van der Waals surface area contributed by atoms with Gasteiger partial charge in [-0.1, -0.05) is 82.2 Å². The molecule has 1 aliphatic heterocycles. The molecule has 0 amide bonds. The van der Waals surface area contributed by atoms with Crippen molar-refractivity contribution in [1.29, 1.82) is 0 Å². The molecule has 1 unspecified atom stereocenters. The van der Waals surface area contributed by atoms with Gasteiger partial charge in [0.25, 0.3) is 0 Å². The van der Waals surface area contributed by atoms with Crippen LogP contribution in [0.4, 0.5) is 0 Å². The average Bonchev–Trinajstić information content (AvgIpc) is 2.58. The van der Waals surface area contributed by atoms with Gasteiger partial charge in [-0.3, -0.25) is 0 Å². The molecule has 0 bridgehead atoms. The molecule has 2 nitrogen and oxygen atoms in total. The summed E-state index contributed by atoms with van der Waals surface area (Å²) in [5.41, 5.74) is 1.04. The third-order valence-corrected chi connectivity index (χ3v) is 4.54. The van der Waals surface area contributed by atoms with Gasteiger partial charge in [0.15, 0.2) is 6.29 Å². The summed E-state index contributed by atoms with van der Waals surface area (Å²) in [5, 5.41) is 0. The van der Waals surface area contributed by atoms with Crippen molar-refractivity contribution in [1.82, 2.24) is 0 Å². The molecule has 0 aliphatic carbocycles. The van der Waals surface area contributed by atoms with E-state index >= 15 is 0 Å². The highest BCUT2D eigenvalue weighted by atomic mass is 16.7. The molecular formula is C21H32O2. The molecule has 0 aromatic heterocycles. The van der Waals surface area contributed by atoms with Crippen LogP contribution in [0.3, 0.4) is 0 Å². The van der Waals surface area contributed by atoms with Crippen molar-refractivity contribution >= 4 is 6.08 Å². The van der Waals surface area contributed by atoms with Crippen LogP contribution in [0.1, 0.15) is 76.2 Å². The van der Waals surface area contributed by atoms with Crippen LogP contribution < -0.4 is 4.74 Å². The first-order valence-electron chi connectivity index (χ1n) is 9.40. The van der Waals surface area contributed by atoms with E-state index in [4.69, 9.17) is 9.47 Å². The maximum atomic E-state index is 6.14. The zero-order valence-electron chi connectivity index (χ0n) is 14.5. The monoisotopic (exact) mass is 316 g/mol. The lowest BCUT2D eigenvalue weighted by Gasteiger charge is -2.21. The molecule has 0 spiro atoms. The molecule has 1 aromatic carbocycles. The minimum Gasteiger partial charge on any atom is -0.464 e. The molecule has 2 rings (SSSR count). The van der Waals surface area contributed by atoms with Crippen molar-refractivity contribution in [3.05, 3.63) is 36.4 Å². The number of rotatable bonds is 3. The zero-order valence-corrected chi connectivity index (χ0v) is 14.5. The number of hydrogen-bond acceptors (Lipinski definition) is 2. The van der Waals surface area contributed by atoms with Crippen LogP contribution in [0.5, 0.6) is 5.75 Å². The minimum atomic E-state index is -0.126. The van der Waals surface area contributed by atoms with Gasteiger partial charge in [-0.2, -0.15) is 0 Å². The molecule has 1 saturated heterocycles. The van der Waals surface area contributed by atoms with Crippen molar-refractivity contribution in [2.75, 3.05) is 6.61 Å². The lowest BCUT2D eigenvalue weighted by molar-refractivity contribution is -0.0867. The summed E-state index contributed by atoms with van der Waals surface area (Å²) < 4.78 is 12.2. The van der Waals surface area contributed by atoms with Gasteiger partial charge in [-0.15, -0.1) is 0 Å². The summed E-state index contributed by atoms with van der Waals surface area (Å²) in [4.78, 5) is 0. The Morgan fingerprint density at radius 2 is 1.48 bits per heavy atom. The Hall–Kier alpha value is -1.28. The highest BCUT2D eigenvalue weighted by Gasteiger charge is 2.12. The summed E-state index contributed by atoms with van der Waals surface area (Å²) in [5.74, 6) is 0.883. The van der Waals surface area contributed by atoms with Crippen molar-refractivity contribution in [3.63, 3.8) is 0 Å². The fourth-order valence-corrected chi connectivity index (χ4v) is 3.12. The molecule has 1 heterocycles. The van der Waals surface area contributed by atoms with Crippen molar-refractivity contribution in [2.24, 2.45) is 0 Å². The Kier molecular flexibility index (Phi) is 8.86. The lowest BCUT2D eigenvalue weighted by Crippen LogP contribution is -2.21. The molecule has 0 radical (unpaired) electrons. The Morgan fingerprint density at radius 1 is 0.870 bits per heavy atom. The van der Waals surface area contributed by atoms with Crippen LogP contribution >= 0.6 is 0 Å². The second kappa shape index (κ2) is 11.3. The van der Waals surface area contributed by atoms with Gasteiger partial charge in [0.1, 0.15) is 5.75 Å². The summed E-state index contributed by atoms with van der Waals surface area (Å²) in [6.07, 6.45) is 15.8. The molecule has 2 heteroatoms. The Balaban J connectivity index is 1.88. The first-order valence-corrected chi connectivity index (χ1v) is 9.40. The molecular weight excluding hydrogens is 284 g/mol. The van der Waals surface area contributed by atoms with Crippen LogP contribution in [0, 0.1) is 0 Å². The summed E-state index contributed by atoms with van der Waals surface area (Å²) >= 11 is 0. The molecule has 1 atom stereocenters. The van der Waals surface area contributed by atoms with Gasteiger partial charge in [-0.05, 0) is 18.9 Å². The molecule has 128 valence electrons. The summed E-state index contributed by atoms with van der Waals surface area (Å²) in [7, 11) is 0. The van der Waals surface area contributed by atoms with Gasteiger partial charge >= 0.3 is 0 Å². The largest absolute Gasteiger partial charge is 0.464 e. The van der Waals surface area contributed by atoms with Gasteiger partial charge in [0, 0.05) is 12.0 Å². The predicted octanol–water partition coefficient (Wildman–Crippen LogP) is 6.36. The topological polar surface area (TPSA) is 18.5 Å². The maximum Gasteiger partial charge on any atom is 0.199 e. The van der Waals surface area contributed by atoms with Crippen LogP contribution in [0.2, 0.25) is 0 Å². The molecule has 1 aromatic rings. The van der Waals surface area contributed by atoms with Gasteiger partial charge in [-0.25, -0.2) is 0 Å². The second-order valence-corrected chi connectivity index (χ2v) is 6.48. The molecule has 1 aliphatic rings. The predicted molar refractivity (Wildman–Crippen MR) is 97.7 cm³/mol. The van der Waals surface area contributed by atoms with Gasteiger partial charge in [0.2, 0.25) is 0 Å². The number of hydrogen-bond donors (Lipinski definition) is 0. The molecule has 0 saturated carbocycles. The Morgan fingerprint density at radius 3 is 2.17 bits per heavy atom. The first kappa shape index (κ1) is 18.1. The third-order valence-electron chi connectivity index (χ3n) is 4.54. The van der Waals surface area contributed by atoms with Crippen molar-refractivity contribution in [2.45, 2.75) is 76.9 Å². The molecule has 23 heavy (non-hydrogen) atoms. The standard InChI is InChI=1S/C21H32O2/c1-2-19-15-12-13-16-20(19)23-21-17-11-9-7-5-3-4-6-8-10-14-18-22-21/h2,12-13,15-16,21H,1,3-11,14,17-18H2. The highest BCUT2D eigenvalue weighted by Crippen LogP contribution is 2.23. The lowest BCUT2D eigenvalue weighted by atomic mass is 10.1. The minimum absolute atomic E-state index is 0.126. The highest BCUT2D eigenvalue weighted by molar-refractivity contribution is 5.55. The first-order chi connectivity index (χ1) is 11.4. The van der Waals surface area contributed by atoms with Crippen LogP contribution in [-0.4, -0.2) is 12.9 Å². The quantitative estimate of drug-likeness (QED) is 0.646. The van der Waals surface area contributed by atoms with Gasteiger partial charge < -0.3 is 9.47 Å². The molecule has 0 N–H and O–H groups in total. The van der Waals surface area contributed by atoms with E-state index in [1.807, 2.05) is 30.3 Å². The van der Waals surface area contributed by atoms with Crippen molar-refractivity contribution < 1.29 is 9.47 Å². The zero-order chi connectivity index (χ0) is 16.2. The van der Waals surface area contributed by atoms with E-state index in [0.717, 1.165) is 30.8 Å². The van der Waals surface area contributed by atoms with Crippen LogP contribution in [-0.2, 0) is 4.74 Å². The average molecular weight is 316 g/mol. The van der Waals surface area contributed by atoms with E-state index in [-0.39, 0.29) is 6.29 Å². The smallest absolute Gasteiger partial charge is 0.199 e. The van der Waals surface area contributed by atoms with E-state index in [1.165, 1.54) is 57.8 Å². The fourth-order valence-electron chi connectivity index (χ4n) is 3.12. The van der Waals surface area contributed by atoms with Crippen LogP contribution in [0.25, 0.3) is 6.08 Å². The van der Waals surface area contributed by atoms with E-state index in [0.29, 0.717) is 0 Å². The summed E-state index contributed by atoms with van der Waals surface area (Å²) in [6.45, 7) is 4.67. The Bertz CT molecular complexity index is 427. The van der Waals surface area contributed by atoms with E-state index < -0.39 is 0 Å². The van der Waals surface area contributed by atoms with Gasteiger partial charge in [0.05, 0.1) is 6.61 Å². The number of para-hydroxylation sites is 1. The van der Waals surface area contributed by atoms with E-state index in [9.17, 15) is 0 Å². The maximum absolute atomic E-state index is 6.14. The van der Waals surface area contributed by atoms with E-state index in [1.54, 1.807) is 0 Å². The normalized spacial score (nSPS) is 22.0. The Labute approximate surface area is 141 Å². The SMILES string of the molecule is C=Cc1ccccc1OC1CCCCCCCCCCCCO1. The third kappa shape index (κ3) is 7.22. The fraction of sp³-hybridized carbons (Fsp3) is 0.619. The van der Waals surface area contributed by atoms with Crippen LogP contribution in [0.15, 0.2) is 30.8 Å². The molecule has 1 fully saturated rings.